The second-order valence-electron chi connectivity index (χ2n) is 9.25. The van der Waals surface area contributed by atoms with Crippen molar-refractivity contribution in [2.45, 2.75) is 66.1 Å². The molecule has 0 saturated carbocycles. The molecule has 0 bridgehead atoms. The van der Waals surface area contributed by atoms with Gasteiger partial charge < -0.3 is 15.3 Å². The van der Waals surface area contributed by atoms with E-state index >= 15 is 0 Å². The Kier molecular flexibility index (Phi) is 9.21. The third kappa shape index (κ3) is 7.03. The van der Waals surface area contributed by atoms with Crippen LogP contribution in [-0.4, -0.2) is 76.5 Å². The van der Waals surface area contributed by atoms with E-state index in [1.165, 1.54) is 6.92 Å². The van der Waals surface area contributed by atoms with E-state index in [0.717, 1.165) is 18.1 Å². The van der Waals surface area contributed by atoms with Crippen molar-refractivity contribution in [3.8, 4) is 0 Å². The summed E-state index contributed by atoms with van der Waals surface area (Å²) >= 11 is 1.79. The molecule has 1 rings (SSSR count). The molecular weight excluding hydrogens is 390 g/mol. The Labute approximate surface area is 179 Å². The van der Waals surface area contributed by atoms with Crippen molar-refractivity contribution in [3.05, 3.63) is 11.6 Å². The zero-order chi connectivity index (χ0) is 22.5. The normalized spacial score (nSPS) is 20.9. The Balaban J connectivity index is 3.10. The van der Waals surface area contributed by atoms with Crippen molar-refractivity contribution < 1.29 is 19.5 Å². The number of hydrogen-bond acceptors (Lipinski definition) is 5. The van der Waals surface area contributed by atoms with Crippen LogP contribution in [0.5, 0.6) is 0 Å². The molecule has 1 aliphatic rings. The fourth-order valence-electron chi connectivity index (χ4n) is 3.36. The highest BCUT2D eigenvalue weighted by Crippen LogP contribution is 2.25. The van der Waals surface area contributed by atoms with Crippen LogP contribution in [0.1, 0.15) is 48.0 Å². The Bertz CT molecular complexity index is 642. The maximum atomic E-state index is 13.4. The molecule has 7 nitrogen and oxygen atoms in total. The lowest BCUT2D eigenvalue weighted by molar-refractivity contribution is -0.141. The highest BCUT2D eigenvalue weighted by Gasteiger charge is 2.39. The summed E-state index contributed by atoms with van der Waals surface area (Å²) in [5, 5.41) is 12.2. The van der Waals surface area contributed by atoms with Crippen LogP contribution in [0.2, 0.25) is 0 Å². The summed E-state index contributed by atoms with van der Waals surface area (Å²) in [6.45, 7) is 11.2. The van der Waals surface area contributed by atoms with Crippen LogP contribution >= 0.6 is 11.8 Å². The standard InChI is InChI=1S/C21H37N3O4S/c1-13(2)16(11-14(3)20(27)28)24(8)19(26)17(21(4,5)6)22-18(25)15-9-10-29-12-23(15)7/h11,13,15-17H,9-10,12H2,1-8H3,(H,22,25)(H,27,28)/b14-11+/t15?,16-,17?/m1/s1. The van der Waals surface area contributed by atoms with Crippen molar-refractivity contribution in [2.75, 3.05) is 25.7 Å². The van der Waals surface area contributed by atoms with Crippen molar-refractivity contribution in [3.63, 3.8) is 0 Å². The number of amides is 2. The third-order valence-electron chi connectivity index (χ3n) is 5.30. The predicted molar refractivity (Wildman–Crippen MR) is 118 cm³/mol. The molecule has 0 aromatic rings. The van der Waals surface area contributed by atoms with E-state index in [9.17, 15) is 19.5 Å². The monoisotopic (exact) mass is 427 g/mol. The SMILES string of the molecule is C/C(=C\[C@H](C(C)C)N(C)C(=O)C(NC(=O)C1CCSCN1C)C(C)(C)C)C(=O)O. The molecule has 0 aromatic heterocycles. The van der Waals surface area contributed by atoms with Gasteiger partial charge in [-0.25, -0.2) is 4.79 Å². The van der Waals surface area contributed by atoms with Crippen LogP contribution in [0.15, 0.2) is 11.6 Å². The lowest BCUT2D eigenvalue weighted by atomic mass is 9.84. The number of carboxylic acids is 1. The van der Waals surface area contributed by atoms with Crippen LogP contribution in [0.4, 0.5) is 0 Å². The van der Waals surface area contributed by atoms with E-state index < -0.39 is 17.4 Å². The average molecular weight is 428 g/mol. The summed E-state index contributed by atoms with van der Waals surface area (Å²) in [5.41, 5.74) is -0.295. The third-order valence-corrected chi connectivity index (χ3v) is 6.42. The summed E-state index contributed by atoms with van der Waals surface area (Å²) in [5.74, 6) is 0.387. The highest BCUT2D eigenvalue weighted by atomic mass is 32.2. The van der Waals surface area contributed by atoms with Crippen molar-refractivity contribution in [2.24, 2.45) is 11.3 Å². The van der Waals surface area contributed by atoms with Gasteiger partial charge in [0.25, 0.3) is 0 Å². The molecule has 2 N–H and O–H groups in total. The predicted octanol–water partition coefficient (Wildman–Crippen LogP) is 2.43. The number of likely N-dealkylation sites (N-methyl/N-ethyl adjacent to an activating group) is 2. The van der Waals surface area contributed by atoms with Crippen molar-refractivity contribution in [1.82, 2.24) is 15.1 Å². The van der Waals surface area contributed by atoms with Crippen molar-refractivity contribution in [1.29, 1.82) is 0 Å². The van der Waals surface area contributed by atoms with Gasteiger partial charge in [0.05, 0.1) is 12.1 Å². The van der Waals surface area contributed by atoms with Gasteiger partial charge in [0.1, 0.15) is 6.04 Å². The van der Waals surface area contributed by atoms with Gasteiger partial charge in [0.2, 0.25) is 11.8 Å². The van der Waals surface area contributed by atoms with E-state index in [-0.39, 0.29) is 35.4 Å². The fourth-order valence-corrected chi connectivity index (χ4v) is 4.35. The van der Waals surface area contributed by atoms with Crippen molar-refractivity contribution >= 4 is 29.5 Å². The Morgan fingerprint density at radius 1 is 1.28 bits per heavy atom. The number of thioether (sulfide) groups is 1. The van der Waals surface area contributed by atoms with E-state index in [1.807, 2.05) is 46.6 Å². The summed E-state index contributed by atoms with van der Waals surface area (Å²) in [6, 6.07) is -1.33. The zero-order valence-corrected chi connectivity index (χ0v) is 19.8. The molecule has 2 unspecified atom stereocenters. The lowest BCUT2D eigenvalue weighted by Gasteiger charge is -2.39. The minimum Gasteiger partial charge on any atom is -0.478 e. The zero-order valence-electron chi connectivity index (χ0n) is 19.0. The second kappa shape index (κ2) is 10.5. The Hall–Kier alpha value is -1.54. The van der Waals surface area contributed by atoms with Gasteiger partial charge >= 0.3 is 5.97 Å². The number of carboxylic acid groups (broad SMARTS) is 1. The average Bonchev–Trinajstić information content (AvgIpc) is 2.61. The smallest absolute Gasteiger partial charge is 0.331 e. The number of nitrogens with one attached hydrogen (secondary N) is 1. The molecule has 3 atom stereocenters. The largest absolute Gasteiger partial charge is 0.478 e. The van der Waals surface area contributed by atoms with Crippen LogP contribution in [0, 0.1) is 11.3 Å². The topological polar surface area (TPSA) is 90.0 Å². The van der Waals surface area contributed by atoms with Gasteiger partial charge in [0.15, 0.2) is 0 Å². The summed E-state index contributed by atoms with van der Waals surface area (Å²) in [6.07, 6.45) is 2.36. The molecule has 29 heavy (non-hydrogen) atoms. The van der Waals surface area contributed by atoms with E-state index in [2.05, 4.69) is 5.32 Å². The molecule has 1 aliphatic heterocycles. The molecular formula is C21H37N3O4S. The van der Waals surface area contributed by atoms with E-state index in [1.54, 1.807) is 29.8 Å². The summed E-state index contributed by atoms with van der Waals surface area (Å²) in [4.78, 5) is 41.2. The van der Waals surface area contributed by atoms with Gasteiger partial charge in [-0.1, -0.05) is 40.7 Å². The molecule has 166 valence electrons. The first kappa shape index (κ1) is 25.5. The molecule has 0 spiro atoms. The number of aliphatic carboxylic acids is 1. The molecule has 0 aromatic carbocycles. The molecule has 0 radical (unpaired) electrons. The number of nitrogens with zero attached hydrogens (tertiary/aromatic N) is 2. The van der Waals surface area contributed by atoms with E-state index in [4.69, 9.17) is 0 Å². The second-order valence-corrected chi connectivity index (χ2v) is 10.3. The van der Waals surface area contributed by atoms with Crippen LogP contribution in [-0.2, 0) is 14.4 Å². The van der Waals surface area contributed by atoms with Gasteiger partial charge in [-0.3, -0.25) is 14.5 Å². The maximum Gasteiger partial charge on any atom is 0.331 e. The molecule has 1 heterocycles. The van der Waals surface area contributed by atoms with Crippen LogP contribution < -0.4 is 5.32 Å². The highest BCUT2D eigenvalue weighted by molar-refractivity contribution is 7.99. The fraction of sp³-hybridized carbons (Fsp3) is 0.762. The maximum absolute atomic E-state index is 13.4. The summed E-state index contributed by atoms with van der Waals surface area (Å²) in [7, 11) is 3.59. The molecule has 2 amide bonds. The van der Waals surface area contributed by atoms with E-state index in [0.29, 0.717) is 0 Å². The summed E-state index contributed by atoms with van der Waals surface area (Å²) < 4.78 is 0. The van der Waals surface area contributed by atoms with Gasteiger partial charge in [0, 0.05) is 18.5 Å². The Morgan fingerprint density at radius 3 is 2.31 bits per heavy atom. The molecule has 0 aliphatic carbocycles. The minimum atomic E-state index is -1.00. The lowest BCUT2D eigenvalue weighted by Crippen LogP contribution is -2.59. The van der Waals surface area contributed by atoms with Crippen LogP contribution in [0.3, 0.4) is 0 Å². The number of carbonyl (C=O) groups excluding carboxylic acids is 2. The Morgan fingerprint density at radius 2 is 1.86 bits per heavy atom. The number of carbonyl (C=O) groups is 3. The molecule has 1 fully saturated rings. The molecule has 8 heteroatoms. The number of hydrogen-bond donors (Lipinski definition) is 2. The molecule has 1 saturated heterocycles. The van der Waals surface area contributed by atoms with Gasteiger partial charge in [-0.05, 0) is 37.5 Å². The first-order valence-electron chi connectivity index (χ1n) is 10.0. The number of rotatable bonds is 7. The first-order valence-corrected chi connectivity index (χ1v) is 11.2. The first-order chi connectivity index (χ1) is 13.3. The van der Waals surface area contributed by atoms with Gasteiger partial charge in [-0.2, -0.15) is 0 Å². The van der Waals surface area contributed by atoms with Crippen LogP contribution in [0.25, 0.3) is 0 Å². The minimum absolute atomic E-state index is 0.0241. The van der Waals surface area contributed by atoms with Gasteiger partial charge in [-0.15, -0.1) is 11.8 Å². The quantitative estimate of drug-likeness (QED) is 0.607.